The molecule has 2 amide bonds. The molecule has 0 atom stereocenters. The summed E-state index contributed by atoms with van der Waals surface area (Å²) in [5.41, 5.74) is -0.364. The number of carbonyl (C=O) groups excluding carboxylic acids is 1. The van der Waals surface area contributed by atoms with Crippen molar-refractivity contribution < 1.29 is 14.3 Å². The van der Waals surface area contributed by atoms with E-state index in [-0.39, 0.29) is 11.1 Å². The van der Waals surface area contributed by atoms with Gasteiger partial charge in [0.25, 0.3) is 0 Å². The maximum atomic E-state index is 13.3. The highest BCUT2D eigenvalue weighted by atomic mass is 35.5. The molecule has 0 unspecified atom stereocenters. The van der Waals surface area contributed by atoms with Gasteiger partial charge < -0.3 is 15.3 Å². The second kappa shape index (κ2) is 7.53. The number of carbonyl (C=O) groups is 1. The molecule has 1 aromatic rings. The fraction of sp³-hybridized carbons (Fsp3) is 0.533. The normalized spacial score (nSPS) is 17.4. The third-order valence-corrected chi connectivity index (χ3v) is 5.04. The predicted molar refractivity (Wildman–Crippen MR) is 89.2 cm³/mol. The Kier molecular flexibility index (Phi) is 5.94. The fourth-order valence-corrected chi connectivity index (χ4v) is 3.49. The fourth-order valence-electron chi connectivity index (χ4n) is 2.39. The van der Waals surface area contributed by atoms with E-state index in [1.165, 1.54) is 18.2 Å². The number of hydrogen-bond donors (Lipinski definition) is 2. The summed E-state index contributed by atoms with van der Waals surface area (Å²) in [6, 6.07) is 3.61. The number of thioether (sulfide) groups is 1. The van der Waals surface area contributed by atoms with Crippen molar-refractivity contribution in [2.45, 2.75) is 25.4 Å². The highest BCUT2D eigenvalue weighted by molar-refractivity contribution is 7.99. The number of anilines is 1. The van der Waals surface area contributed by atoms with Crippen LogP contribution in [0.3, 0.4) is 0 Å². The zero-order valence-electron chi connectivity index (χ0n) is 12.4. The second-order valence-electron chi connectivity index (χ2n) is 5.44. The van der Waals surface area contributed by atoms with Crippen molar-refractivity contribution in [1.82, 2.24) is 4.90 Å². The molecule has 1 aliphatic heterocycles. The summed E-state index contributed by atoms with van der Waals surface area (Å²) in [6.07, 6.45) is 1.11. The lowest BCUT2D eigenvalue weighted by Gasteiger charge is -2.38. The Morgan fingerprint density at radius 2 is 2.14 bits per heavy atom. The van der Waals surface area contributed by atoms with Crippen molar-refractivity contribution in [2.24, 2.45) is 0 Å². The van der Waals surface area contributed by atoms with Gasteiger partial charge in [-0.15, -0.1) is 0 Å². The van der Waals surface area contributed by atoms with Crippen LogP contribution in [0.2, 0.25) is 5.02 Å². The first-order valence-corrected chi connectivity index (χ1v) is 8.77. The molecule has 22 heavy (non-hydrogen) atoms. The molecule has 0 radical (unpaired) electrons. The molecule has 1 aliphatic rings. The maximum absolute atomic E-state index is 13.3. The van der Waals surface area contributed by atoms with Gasteiger partial charge in [-0.2, -0.15) is 11.8 Å². The van der Waals surface area contributed by atoms with Gasteiger partial charge >= 0.3 is 6.03 Å². The van der Waals surface area contributed by atoms with E-state index in [0.717, 1.165) is 5.75 Å². The van der Waals surface area contributed by atoms with Crippen LogP contribution in [0, 0.1) is 5.82 Å². The Morgan fingerprint density at radius 3 is 2.73 bits per heavy atom. The van der Waals surface area contributed by atoms with Crippen LogP contribution < -0.4 is 5.32 Å². The lowest BCUT2D eigenvalue weighted by Crippen LogP contribution is -2.49. The molecular formula is C15H20ClFN2O2S. The molecule has 1 fully saturated rings. The Balaban J connectivity index is 1.89. The first-order chi connectivity index (χ1) is 10.4. The molecule has 0 spiro atoms. The van der Waals surface area contributed by atoms with Crippen LogP contribution in [-0.4, -0.2) is 46.2 Å². The summed E-state index contributed by atoms with van der Waals surface area (Å²) in [5.74, 6) is 1.16. The van der Waals surface area contributed by atoms with Crippen LogP contribution in [0.1, 0.15) is 19.8 Å². The molecule has 7 heteroatoms. The Bertz CT molecular complexity index is 516. The van der Waals surface area contributed by atoms with E-state index < -0.39 is 11.4 Å². The number of benzene rings is 1. The van der Waals surface area contributed by atoms with Crippen LogP contribution in [-0.2, 0) is 0 Å². The van der Waals surface area contributed by atoms with Crippen molar-refractivity contribution in [3.63, 3.8) is 0 Å². The zero-order valence-corrected chi connectivity index (χ0v) is 14.0. The molecule has 4 nitrogen and oxygen atoms in total. The van der Waals surface area contributed by atoms with Gasteiger partial charge in [-0.1, -0.05) is 18.5 Å². The number of rotatable bonds is 4. The molecule has 1 aromatic carbocycles. The lowest BCUT2D eigenvalue weighted by molar-refractivity contribution is 0.00999. The molecular weight excluding hydrogens is 327 g/mol. The van der Waals surface area contributed by atoms with Crippen LogP contribution in [0.15, 0.2) is 18.2 Å². The topological polar surface area (TPSA) is 52.6 Å². The number of urea groups is 1. The third-order valence-electron chi connectivity index (χ3n) is 3.67. The molecule has 0 aromatic heterocycles. The van der Waals surface area contributed by atoms with Crippen molar-refractivity contribution >= 4 is 35.1 Å². The quantitative estimate of drug-likeness (QED) is 0.876. The van der Waals surface area contributed by atoms with E-state index in [1.54, 1.807) is 16.7 Å². The van der Waals surface area contributed by atoms with Crippen LogP contribution in [0.25, 0.3) is 0 Å². The molecule has 0 aliphatic carbocycles. The summed E-state index contributed by atoms with van der Waals surface area (Å²) in [6.45, 7) is 3.02. The number of aliphatic hydroxyl groups is 1. The van der Waals surface area contributed by atoms with Gasteiger partial charge in [0, 0.05) is 29.6 Å². The largest absolute Gasteiger partial charge is 0.389 e. The van der Waals surface area contributed by atoms with Gasteiger partial charge in [-0.3, -0.25) is 0 Å². The monoisotopic (exact) mass is 346 g/mol. The van der Waals surface area contributed by atoms with Crippen LogP contribution >= 0.6 is 23.4 Å². The summed E-state index contributed by atoms with van der Waals surface area (Å²) >= 11 is 7.47. The van der Waals surface area contributed by atoms with E-state index in [1.807, 2.05) is 0 Å². The first kappa shape index (κ1) is 17.4. The number of nitrogens with one attached hydrogen (secondary N) is 1. The number of nitrogens with zero attached hydrogens (tertiary/aromatic N) is 1. The van der Waals surface area contributed by atoms with E-state index >= 15 is 0 Å². The Hall–Kier alpha value is -0.980. The minimum absolute atomic E-state index is 0.236. The summed E-state index contributed by atoms with van der Waals surface area (Å²) < 4.78 is 13.3. The number of hydrogen-bond acceptors (Lipinski definition) is 3. The number of halogens is 2. The molecule has 2 rings (SSSR count). The maximum Gasteiger partial charge on any atom is 0.321 e. The number of likely N-dealkylation sites (tertiary alicyclic amines) is 1. The van der Waals surface area contributed by atoms with Crippen molar-refractivity contribution in [3.05, 3.63) is 29.0 Å². The third kappa shape index (κ3) is 4.76. The van der Waals surface area contributed by atoms with Crippen LogP contribution in [0.5, 0.6) is 0 Å². The van der Waals surface area contributed by atoms with Gasteiger partial charge in [-0.05, 0) is 36.8 Å². The standard InChI is InChI=1S/C15H20ClFN2O2S/c1-2-22-10-15(21)3-5-19(6-4-15)14(20)18-13-8-11(16)7-12(17)9-13/h7-9,21H,2-6,10H2,1H3,(H,18,20). The summed E-state index contributed by atoms with van der Waals surface area (Å²) in [4.78, 5) is 13.8. The second-order valence-corrected chi connectivity index (χ2v) is 7.15. The Labute approximate surface area is 139 Å². The highest BCUT2D eigenvalue weighted by Crippen LogP contribution is 2.27. The number of piperidine rings is 1. The molecule has 1 saturated heterocycles. The summed E-state index contributed by atoms with van der Waals surface area (Å²) in [7, 11) is 0. The van der Waals surface area contributed by atoms with Crippen molar-refractivity contribution in [1.29, 1.82) is 0 Å². The first-order valence-electron chi connectivity index (χ1n) is 7.24. The van der Waals surface area contributed by atoms with E-state index in [0.29, 0.717) is 37.4 Å². The number of amides is 2. The minimum Gasteiger partial charge on any atom is -0.389 e. The Morgan fingerprint density at radius 1 is 1.45 bits per heavy atom. The lowest BCUT2D eigenvalue weighted by atomic mass is 9.94. The van der Waals surface area contributed by atoms with Gasteiger partial charge in [0.2, 0.25) is 0 Å². The highest BCUT2D eigenvalue weighted by Gasteiger charge is 2.33. The zero-order chi connectivity index (χ0) is 16.2. The van der Waals surface area contributed by atoms with E-state index in [9.17, 15) is 14.3 Å². The molecule has 2 N–H and O–H groups in total. The van der Waals surface area contributed by atoms with Gasteiger partial charge in [-0.25, -0.2) is 9.18 Å². The average Bonchev–Trinajstić information content (AvgIpc) is 2.45. The summed E-state index contributed by atoms with van der Waals surface area (Å²) in [5, 5.41) is 13.3. The van der Waals surface area contributed by atoms with Crippen LogP contribution in [0.4, 0.5) is 14.9 Å². The molecule has 0 bridgehead atoms. The van der Waals surface area contributed by atoms with Gasteiger partial charge in [0.15, 0.2) is 0 Å². The smallest absolute Gasteiger partial charge is 0.321 e. The average molecular weight is 347 g/mol. The SMILES string of the molecule is CCSCC1(O)CCN(C(=O)Nc2cc(F)cc(Cl)c2)CC1. The van der Waals surface area contributed by atoms with Gasteiger partial charge in [0.1, 0.15) is 5.82 Å². The minimum atomic E-state index is -0.695. The van der Waals surface area contributed by atoms with Gasteiger partial charge in [0.05, 0.1) is 5.60 Å². The van der Waals surface area contributed by atoms with Crippen molar-refractivity contribution in [3.8, 4) is 0 Å². The van der Waals surface area contributed by atoms with E-state index in [2.05, 4.69) is 12.2 Å². The molecule has 1 heterocycles. The molecule has 122 valence electrons. The van der Waals surface area contributed by atoms with Crippen molar-refractivity contribution in [2.75, 3.05) is 29.9 Å². The predicted octanol–water partition coefficient (Wildman–Crippen LogP) is 3.59. The molecule has 0 saturated carbocycles. The van der Waals surface area contributed by atoms with E-state index in [4.69, 9.17) is 11.6 Å².